The van der Waals surface area contributed by atoms with E-state index in [0.717, 1.165) is 30.7 Å². The maximum atomic E-state index is 12.0. The number of rotatable bonds is 4. The van der Waals surface area contributed by atoms with Crippen molar-refractivity contribution in [2.45, 2.75) is 57.0 Å². The van der Waals surface area contributed by atoms with Crippen molar-refractivity contribution in [1.82, 2.24) is 10.2 Å². The molecule has 0 bridgehead atoms. The minimum Gasteiger partial charge on any atom is -0.301 e. The van der Waals surface area contributed by atoms with Crippen molar-refractivity contribution in [2.24, 2.45) is 0 Å². The van der Waals surface area contributed by atoms with Gasteiger partial charge in [-0.25, -0.2) is 0 Å². The van der Waals surface area contributed by atoms with Crippen molar-refractivity contribution in [2.75, 3.05) is 5.32 Å². The predicted octanol–water partition coefficient (Wildman–Crippen LogP) is 3.87. The number of aromatic nitrogens is 2. The lowest BCUT2D eigenvalue weighted by atomic mass is 9.90. The minimum absolute atomic E-state index is 0.290. The number of alkyl halides is 3. The number of nitrogens with zero attached hydrogens (tertiary/aromatic N) is 2. The van der Waals surface area contributed by atoms with Gasteiger partial charge in [-0.3, -0.25) is 4.79 Å². The van der Waals surface area contributed by atoms with Gasteiger partial charge in [0.1, 0.15) is 5.01 Å². The summed E-state index contributed by atoms with van der Waals surface area (Å²) < 4.78 is 36.0. The first kappa shape index (κ1) is 15.2. The highest BCUT2D eigenvalue weighted by molar-refractivity contribution is 7.15. The van der Waals surface area contributed by atoms with Crippen LogP contribution in [0.1, 0.15) is 55.9 Å². The zero-order chi connectivity index (χ0) is 14.6. The lowest BCUT2D eigenvalue weighted by Gasteiger charge is -2.18. The fraction of sp³-hybridized carbons (Fsp3) is 0.750. The molecule has 0 spiro atoms. The Hall–Kier alpha value is -1.18. The van der Waals surface area contributed by atoms with Gasteiger partial charge in [0.2, 0.25) is 11.0 Å². The summed E-state index contributed by atoms with van der Waals surface area (Å²) in [6.45, 7) is 0. The van der Waals surface area contributed by atoms with E-state index in [1.165, 1.54) is 17.8 Å². The summed E-state index contributed by atoms with van der Waals surface area (Å²) in [5.41, 5.74) is 0. The lowest BCUT2D eigenvalue weighted by Crippen LogP contribution is -2.16. The van der Waals surface area contributed by atoms with E-state index in [9.17, 15) is 18.0 Å². The van der Waals surface area contributed by atoms with Crippen LogP contribution in [0.4, 0.5) is 18.3 Å². The van der Waals surface area contributed by atoms with Gasteiger partial charge in [-0.1, -0.05) is 30.6 Å². The van der Waals surface area contributed by atoms with Gasteiger partial charge in [-0.2, -0.15) is 13.2 Å². The molecular weight excluding hydrogens is 291 g/mol. The van der Waals surface area contributed by atoms with Crippen molar-refractivity contribution in [1.29, 1.82) is 0 Å². The third kappa shape index (κ3) is 4.73. The monoisotopic (exact) mass is 307 g/mol. The van der Waals surface area contributed by atoms with E-state index in [0.29, 0.717) is 5.92 Å². The molecule has 1 saturated carbocycles. The zero-order valence-corrected chi connectivity index (χ0v) is 11.7. The van der Waals surface area contributed by atoms with Crippen molar-refractivity contribution >= 4 is 22.4 Å². The molecule has 20 heavy (non-hydrogen) atoms. The van der Waals surface area contributed by atoms with Gasteiger partial charge in [-0.05, 0) is 12.8 Å². The van der Waals surface area contributed by atoms with E-state index in [-0.39, 0.29) is 5.13 Å². The molecule has 1 fully saturated rings. The first-order chi connectivity index (χ1) is 9.44. The SMILES string of the molecule is O=C(CCC(F)(F)F)Nc1nnc(C2CCCCC2)s1. The Balaban J connectivity index is 1.84. The number of halogens is 3. The van der Waals surface area contributed by atoms with Gasteiger partial charge in [0.05, 0.1) is 6.42 Å². The molecule has 1 amide bonds. The molecule has 4 nitrogen and oxygen atoms in total. The van der Waals surface area contributed by atoms with Gasteiger partial charge in [-0.15, -0.1) is 10.2 Å². The number of amides is 1. The van der Waals surface area contributed by atoms with E-state index < -0.39 is 24.9 Å². The Labute approximate surface area is 118 Å². The van der Waals surface area contributed by atoms with Crippen molar-refractivity contribution < 1.29 is 18.0 Å². The molecule has 2 rings (SSSR count). The van der Waals surface area contributed by atoms with E-state index in [2.05, 4.69) is 15.5 Å². The molecular formula is C12H16F3N3OS. The molecule has 0 atom stereocenters. The molecule has 1 aromatic heterocycles. The quantitative estimate of drug-likeness (QED) is 0.918. The fourth-order valence-corrected chi connectivity index (χ4v) is 3.17. The topological polar surface area (TPSA) is 54.9 Å². The third-order valence-electron chi connectivity index (χ3n) is 3.28. The van der Waals surface area contributed by atoms with Crippen LogP contribution in [0.3, 0.4) is 0 Å². The Bertz CT molecular complexity index is 455. The van der Waals surface area contributed by atoms with Crippen molar-refractivity contribution in [3.63, 3.8) is 0 Å². The molecule has 1 heterocycles. The molecule has 0 radical (unpaired) electrons. The van der Waals surface area contributed by atoms with Gasteiger partial charge in [0, 0.05) is 12.3 Å². The molecule has 1 N–H and O–H groups in total. The standard InChI is InChI=1S/C12H16F3N3OS/c13-12(14,15)7-6-9(19)16-11-18-17-10(20-11)8-4-2-1-3-5-8/h8H,1-7H2,(H,16,18,19). The molecule has 0 aliphatic heterocycles. The summed E-state index contributed by atoms with van der Waals surface area (Å²) in [7, 11) is 0. The smallest absolute Gasteiger partial charge is 0.301 e. The maximum absolute atomic E-state index is 12.0. The second-order valence-corrected chi connectivity index (χ2v) is 5.95. The number of anilines is 1. The molecule has 0 unspecified atom stereocenters. The Kier molecular flexibility index (Phi) is 4.95. The van der Waals surface area contributed by atoms with Crippen LogP contribution in [0.25, 0.3) is 0 Å². The highest BCUT2D eigenvalue weighted by Crippen LogP contribution is 2.35. The van der Waals surface area contributed by atoms with E-state index in [1.807, 2.05) is 0 Å². The van der Waals surface area contributed by atoms with Crippen molar-refractivity contribution in [3.8, 4) is 0 Å². The maximum Gasteiger partial charge on any atom is 0.389 e. The molecule has 1 aromatic rings. The third-order valence-corrected chi connectivity index (χ3v) is 4.28. The zero-order valence-electron chi connectivity index (χ0n) is 10.9. The number of hydrogen-bond donors (Lipinski definition) is 1. The van der Waals surface area contributed by atoms with E-state index in [4.69, 9.17) is 0 Å². The molecule has 0 aromatic carbocycles. The Morgan fingerprint density at radius 3 is 2.60 bits per heavy atom. The Morgan fingerprint density at radius 2 is 1.95 bits per heavy atom. The molecule has 0 saturated heterocycles. The van der Waals surface area contributed by atoms with Crippen LogP contribution in [0.15, 0.2) is 0 Å². The second-order valence-electron chi connectivity index (χ2n) is 4.94. The van der Waals surface area contributed by atoms with Gasteiger partial charge in [0.15, 0.2) is 0 Å². The molecule has 8 heteroatoms. The fourth-order valence-electron chi connectivity index (χ4n) is 2.24. The van der Waals surface area contributed by atoms with Crippen LogP contribution >= 0.6 is 11.3 Å². The average molecular weight is 307 g/mol. The summed E-state index contributed by atoms with van der Waals surface area (Å²) in [6.07, 6.45) is -0.320. The summed E-state index contributed by atoms with van der Waals surface area (Å²) in [5.74, 6) is -0.296. The average Bonchev–Trinajstić information content (AvgIpc) is 2.85. The van der Waals surface area contributed by atoms with E-state index in [1.54, 1.807) is 0 Å². The normalized spacial score (nSPS) is 17.1. The first-order valence-corrected chi connectivity index (χ1v) is 7.46. The van der Waals surface area contributed by atoms with E-state index >= 15 is 0 Å². The number of nitrogens with one attached hydrogen (secondary N) is 1. The molecule has 1 aliphatic rings. The van der Waals surface area contributed by atoms with Gasteiger partial charge in [0.25, 0.3) is 0 Å². The van der Waals surface area contributed by atoms with Crippen LogP contribution in [0.5, 0.6) is 0 Å². The number of hydrogen-bond acceptors (Lipinski definition) is 4. The van der Waals surface area contributed by atoms with Gasteiger partial charge < -0.3 is 5.32 Å². The highest BCUT2D eigenvalue weighted by Gasteiger charge is 2.28. The van der Waals surface area contributed by atoms with Crippen LogP contribution in [-0.2, 0) is 4.79 Å². The predicted molar refractivity (Wildman–Crippen MR) is 69.7 cm³/mol. The van der Waals surface area contributed by atoms with Crippen LogP contribution < -0.4 is 5.32 Å². The molecule has 1 aliphatic carbocycles. The van der Waals surface area contributed by atoms with Crippen molar-refractivity contribution in [3.05, 3.63) is 5.01 Å². The lowest BCUT2D eigenvalue weighted by molar-refractivity contribution is -0.142. The summed E-state index contributed by atoms with van der Waals surface area (Å²) in [4.78, 5) is 11.4. The summed E-state index contributed by atoms with van der Waals surface area (Å²) in [6, 6.07) is 0. The van der Waals surface area contributed by atoms with Gasteiger partial charge >= 0.3 is 6.18 Å². The minimum atomic E-state index is -4.31. The largest absolute Gasteiger partial charge is 0.389 e. The number of carbonyl (C=O) groups is 1. The summed E-state index contributed by atoms with van der Waals surface area (Å²) >= 11 is 1.27. The second kappa shape index (κ2) is 6.51. The Morgan fingerprint density at radius 1 is 1.25 bits per heavy atom. The number of carbonyl (C=O) groups excluding carboxylic acids is 1. The molecule has 112 valence electrons. The van der Waals surface area contributed by atoms with Crippen LogP contribution in [0.2, 0.25) is 0 Å². The van der Waals surface area contributed by atoms with Crippen LogP contribution in [0, 0.1) is 0 Å². The van der Waals surface area contributed by atoms with Crippen LogP contribution in [-0.4, -0.2) is 22.3 Å². The summed E-state index contributed by atoms with van der Waals surface area (Å²) in [5, 5.41) is 11.4. The highest BCUT2D eigenvalue weighted by atomic mass is 32.1. The first-order valence-electron chi connectivity index (χ1n) is 6.64.